The number of hydrogen-bond donors (Lipinski definition) is 0. The maximum atomic E-state index is 9.80. The van der Waals surface area contributed by atoms with Gasteiger partial charge in [-0.25, -0.2) is 0 Å². The molecule has 0 amide bonds. The van der Waals surface area contributed by atoms with Gasteiger partial charge in [0.05, 0.1) is 11.5 Å². The van der Waals surface area contributed by atoms with Crippen molar-refractivity contribution >= 4 is 0 Å². The smallest absolute Gasteiger partial charge is 0.0863 e. The van der Waals surface area contributed by atoms with Crippen LogP contribution in [0.5, 0.6) is 0 Å². The molecule has 2 rings (SSSR count). The van der Waals surface area contributed by atoms with E-state index >= 15 is 0 Å². The van der Waals surface area contributed by atoms with Gasteiger partial charge in [0.15, 0.2) is 0 Å². The van der Waals surface area contributed by atoms with Crippen molar-refractivity contribution in [3.05, 3.63) is 66.0 Å². The molecule has 0 fully saturated rings. The molecule has 0 N–H and O–H groups in total. The minimum atomic E-state index is -0.468. The number of hydrogen-bond acceptors (Lipinski definition) is 2. The van der Waals surface area contributed by atoms with Crippen molar-refractivity contribution in [1.29, 1.82) is 5.26 Å². The van der Waals surface area contributed by atoms with E-state index in [9.17, 15) is 5.26 Å². The summed E-state index contributed by atoms with van der Waals surface area (Å²) >= 11 is 0. The highest BCUT2D eigenvalue weighted by molar-refractivity contribution is 5.32. The Morgan fingerprint density at radius 2 is 1.90 bits per heavy atom. The van der Waals surface area contributed by atoms with Crippen LogP contribution in [0.3, 0.4) is 0 Å². The van der Waals surface area contributed by atoms with Crippen molar-refractivity contribution in [2.75, 3.05) is 0 Å². The van der Waals surface area contributed by atoms with Gasteiger partial charge in [0.25, 0.3) is 0 Å². The van der Waals surface area contributed by atoms with E-state index in [0.717, 1.165) is 18.4 Å². The van der Waals surface area contributed by atoms with Crippen LogP contribution in [0.2, 0.25) is 0 Å². The number of nitriles is 1. The molecule has 2 nitrogen and oxygen atoms in total. The molecule has 2 heteroatoms. The van der Waals surface area contributed by atoms with Crippen LogP contribution >= 0.6 is 0 Å². The normalized spacial score (nSPS) is 13.7. The van der Waals surface area contributed by atoms with E-state index in [-0.39, 0.29) is 5.92 Å². The Morgan fingerprint density at radius 1 is 1.15 bits per heavy atom. The van der Waals surface area contributed by atoms with E-state index in [2.05, 4.69) is 37.0 Å². The molecular formula is C18H20N2. The Bertz CT molecular complexity index is 569. The molecule has 0 bridgehead atoms. The van der Waals surface area contributed by atoms with E-state index in [0.29, 0.717) is 0 Å². The highest BCUT2D eigenvalue weighted by atomic mass is 14.6. The summed E-state index contributed by atoms with van der Waals surface area (Å²) in [5.74, 6) is 0.250. The van der Waals surface area contributed by atoms with Crippen LogP contribution in [-0.2, 0) is 11.8 Å². The van der Waals surface area contributed by atoms with E-state index in [1.54, 1.807) is 6.20 Å². The van der Waals surface area contributed by atoms with Gasteiger partial charge in [0.1, 0.15) is 0 Å². The van der Waals surface area contributed by atoms with E-state index in [1.807, 2.05) is 36.5 Å². The molecule has 0 spiro atoms. The molecular weight excluding hydrogens is 244 g/mol. The summed E-state index contributed by atoms with van der Waals surface area (Å²) in [6, 6.07) is 16.8. The monoisotopic (exact) mass is 264 g/mol. The lowest BCUT2D eigenvalue weighted by Crippen LogP contribution is -2.31. The summed E-state index contributed by atoms with van der Waals surface area (Å²) in [6.07, 6.45) is 5.30. The molecule has 2 aromatic rings. The van der Waals surface area contributed by atoms with Gasteiger partial charge in [-0.3, -0.25) is 4.98 Å². The second kappa shape index (κ2) is 6.34. The maximum Gasteiger partial charge on any atom is 0.0863 e. The van der Waals surface area contributed by atoms with Crippen LogP contribution in [0, 0.1) is 17.2 Å². The van der Waals surface area contributed by atoms with Crippen molar-refractivity contribution in [3.8, 4) is 6.07 Å². The largest absolute Gasteiger partial charge is 0.264 e. The highest BCUT2D eigenvalue weighted by Crippen LogP contribution is 2.36. The van der Waals surface area contributed by atoms with Crippen molar-refractivity contribution in [3.63, 3.8) is 0 Å². The molecule has 0 aliphatic rings. The summed E-state index contributed by atoms with van der Waals surface area (Å²) in [7, 11) is 0. The summed E-state index contributed by atoms with van der Waals surface area (Å²) in [5.41, 5.74) is 1.83. The number of benzene rings is 1. The zero-order valence-corrected chi connectivity index (χ0v) is 12.1. The topological polar surface area (TPSA) is 36.7 Å². The molecule has 102 valence electrons. The molecule has 1 aromatic heterocycles. The van der Waals surface area contributed by atoms with Gasteiger partial charge < -0.3 is 0 Å². The molecule has 1 heterocycles. The zero-order chi connectivity index (χ0) is 14.4. The lowest BCUT2D eigenvalue weighted by molar-refractivity contribution is 0.368. The molecule has 0 aliphatic heterocycles. The van der Waals surface area contributed by atoms with Gasteiger partial charge >= 0.3 is 0 Å². The molecule has 20 heavy (non-hydrogen) atoms. The minimum absolute atomic E-state index is 0.250. The van der Waals surface area contributed by atoms with Gasteiger partial charge in [-0.2, -0.15) is 5.26 Å². The Balaban J connectivity index is 2.27. The SMILES string of the molecule is CC(C)C(C#N)(CCc1ccccc1)c1cccnc1. The third-order valence-electron chi connectivity index (χ3n) is 4.01. The average molecular weight is 264 g/mol. The first kappa shape index (κ1) is 14.3. The van der Waals surface area contributed by atoms with Crippen molar-refractivity contribution in [1.82, 2.24) is 4.98 Å². The lowest BCUT2D eigenvalue weighted by Gasteiger charge is -2.31. The highest BCUT2D eigenvalue weighted by Gasteiger charge is 2.35. The van der Waals surface area contributed by atoms with Crippen LogP contribution in [0.4, 0.5) is 0 Å². The maximum absolute atomic E-state index is 9.80. The summed E-state index contributed by atoms with van der Waals surface area (Å²) < 4.78 is 0. The number of rotatable bonds is 5. The Morgan fingerprint density at radius 3 is 2.45 bits per heavy atom. The summed E-state index contributed by atoms with van der Waals surface area (Å²) in [6.45, 7) is 4.22. The second-order valence-corrected chi connectivity index (χ2v) is 5.47. The fourth-order valence-electron chi connectivity index (χ4n) is 2.63. The molecule has 1 aromatic carbocycles. The van der Waals surface area contributed by atoms with E-state index in [4.69, 9.17) is 0 Å². The number of pyridine rings is 1. The van der Waals surface area contributed by atoms with Gasteiger partial charge in [0, 0.05) is 12.4 Å². The van der Waals surface area contributed by atoms with Crippen molar-refractivity contribution < 1.29 is 0 Å². The molecule has 1 atom stereocenters. The van der Waals surface area contributed by atoms with Crippen LogP contribution in [0.1, 0.15) is 31.4 Å². The third kappa shape index (κ3) is 2.88. The van der Waals surface area contributed by atoms with Crippen LogP contribution in [0.15, 0.2) is 54.9 Å². The summed E-state index contributed by atoms with van der Waals surface area (Å²) in [5, 5.41) is 9.80. The zero-order valence-electron chi connectivity index (χ0n) is 12.1. The molecule has 0 aliphatic carbocycles. The number of aryl methyl sites for hydroxylation is 1. The van der Waals surface area contributed by atoms with Crippen LogP contribution < -0.4 is 0 Å². The van der Waals surface area contributed by atoms with Gasteiger partial charge in [-0.15, -0.1) is 0 Å². The average Bonchev–Trinajstić information content (AvgIpc) is 2.50. The van der Waals surface area contributed by atoms with Gasteiger partial charge in [-0.05, 0) is 36.0 Å². The van der Waals surface area contributed by atoms with E-state index in [1.165, 1.54) is 5.56 Å². The van der Waals surface area contributed by atoms with Crippen LogP contribution in [0.25, 0.3) is 0 Å². The Labute approximate surface area is 121 Å². The van der Waals surface area contributed by atoms with E-state index < -0.39 is 5.41 Å². The molecule has 1 unspecified atom stereocenters. The standard InChI is InChI=1S/C18H20N2/c1-15(2)18(14-19,17-9-6-12-20-13-17)11-10-16-7-4-3-5-8-16/h3-9,12-13,15H,10-11H2,1-2H3. The fraction of sp³-hybridized carbons (Fsp3) is 0.333. The Hall–Kier alpha value is -2.14. The van der Waals surface area contributed by atoms with Crippen LogP contribution in [-0.4, -0.2) is 4.98 Å². The molecule has 0 saturated heterocycles. The van der Waals surface area contributed by atoms with Crippen molar-refractivity contribution in [2.24, 2.45) is 5.92 Å². The molecule has 0 radical (unpaired) electrons. The predicted octanol–water partition coefficient (Wildman–Crippen LogP) is 4.13. The van der Waals surface area contributed by atoms with Crippen molar-refractivity contribution in [2.45, 2.75) is 32.1 Å². The molecule has 0 saturated carbocycles. The fourth-order valence-corrected chi connectivity index (χ4v) is 2.63. The first-order valence-electron chi connectivity index (χ1n) is 7.05. The Kier molecular flexibility index (Phi) is 4.53. The first-order valence-corrected chi connectivity index (χ1v) is 7.05. The quantitative estimate of drug-likeness (QED) is 0.814. The summed E-state index contributed by atoms with van der Waals surface area (Å²) in [4.78, 5) is 4.18. The second-order valence-electron chi connectivity index (χ2n) is 5.47. The minimum Gasteiger partial charge on any atom is -0.264 e. The third-order valence-corrected chi connectivity index (χ3v) is 4.01. The van der Waals surface area contributed by atoms with Gasteiger partial charge in [0.2, 0.25) is 0 Å². The lowest BCUT2D eigenvalue weighted by atomic mass is 9.70. The first-order chi connectivity index (χ1) is 9.69. The predicted molar refractivity (Wildman–Crippen MR) is 81.1 cm³/mol. The number of aromatic nitrogens is 1. The number of nitrogens with zero attached hydrogens (tertiary/aromatic N) is 2. The van der Waals surface area contributed by atoms with Gasteiger partial charge in [-0.1, -0.05) is 50.2 Å².